The molecule has 0 aliphatic rings. The van der Waals surface area contributed by atoms with Crippen molar-refractivity contribution < 1.29 is 9.53 Å². The quantitative estimate of drug-likeness (QED) is 0.449. The van der Waals surface area contributed by atoms with Crippen molar-refractivity contribution in [2.75, 3.05) is 12.3 Å². The smallest absolute Gasteiger partial charge is 0.339 e. The fourth-order valence-electron chi connectivity index (χ4n) is 1.60. The highest BCUT2D eigenvalue weighted by Gasteiger charge is 2.12. The number of nitrogens with zero attached hydrogens (tertiary/aromatic N) is 1. The molecule has 0 saturated heterocycles. The Kier molecular flexibility index (Phi) is 3.68. The Bertz CT molecular complexity index is 629. The highest BCUT2D eigenvalue weighted by molar-refractivity contribution is 7.83. The zero-order valence-electron chi connectivity index (χ0n) is 9.67. The summed E-state index contributed by atoms with van der Waals surface area (Å²) < 4.78 is 4.92. The van der Waals surface area contributed by atoms with Gasteiger partial charge in [-0.15, -0.1) is 25.3 Å². The van der Waals surface area contributed by atoms with E-state index in [0.717, 1.165) is 0 Å². The Hall–Kier alpha value is -1.40. The average molecular weight is 280 g/mol. The Morgan fingerprint density at radius 2 is 2.17 bits per heavy atom. The van der Waals surface area contributed by atoms with Gasteiger partial charge in [0.2, 0.25) is 0 Å². The van der Waals surface area contributed by atoms with Crippen LogP contribution in [0, 0.1) is 0 Å². The second kappa shape index (κ2) is 5.07. The van der Waals surface area contributed by atoms with Gasteiger partial charge in [-0.3, -0.25) is 4.98 Å². The van der Waals surface area contributed by atoms with E-state index in [4.69, 9.17) is 10.5 Å². The molecule has 0 bridgehead atoms. The summed E-state index contributed by atoms with van der Waals surface area (Å²) in [6.45, 7) is 2.07. The predicted molar refractivity (Wildman–Crippen MR) is 76.6 cm³/mol. The molecule has 2 aromatic rings. The van der Waals surface area contributed by atoms with Crippen LogP contribution in [-0.2, 0) is 4.74 Å². The summed E-state index contributed by atoms with van der Waals surface area (Å²) >= 11 is 8.52. The molecule has 18 heavy (non-hydrogen) atoms. The number of nitrogens with two attached hydrogens (primary N) is 1. The molecule has 0 aliphatic heterocycles. The second-order valence-corrected chi connectivity index (χ2v) is 4.60. The molecule has 0 amide bonds. The molecule has 94 valence electrons. The molecular formula is C12H12N2O2S2. The molecule has 0 fully saturated rings. The van der Waals surface area contributed by atoms with Gasteiger partial charge in [-0.25, -0.2) is 4.79 Å². The summed E-state index contributed by atoms with van der Waals surface area (Å²) in [5.74, 6) is -0.415. The summed E-state index contributed by atoms with van der Waals surface area (Å²) in [7, 11) is 0. The van der Waals surface area contributed by atoms with Crippen molar-refractivity contribution in [2.45, 2.75) is 16.7 Å². The van der Waals surface area contributed by atoms with Crippen LogP contribution in [0.1, 0.15) is 17.3 Å². The third-order valence-electron chi connectivity index (χ3n) is 2.49. The zero-order chi connectivity index (χ0) is 13.3. The van der Waals surface area contributed by atoms with Gasteiger partial charge in [-0.1, -0.05) is 0 Å². The van der Waals surface area contributed by atoms with E-state index in [0.29, 0.717) is 38.6 Å². The monoisotopic (exact) mass is 280 g/mol. The van der Waals surface area contributed by atoms with E-state index in [9.17, 15) is 4.79 Å². The van der Waals surface area contributed by atoms with Crippen molar-refractivity contribution in [1.82, 2.24) is 4.98 Å². The largest absolute Gasteiger partial charge is 0.462 e. The van der Waals surface area contributed by atoms with E-state index in [1.54, 1.807) is 19.1 Å². The van der Waals surface area contributed by atoms with Gasteiger partial charge in [0.15, 0.2) is 0 Å². The minimum absolute atomic E-state index is 0.319. The molecule has 4 nitrogen and oxygen atoms in total. The van der Waals surface area contributed by atoms with Crippen LogP contribution in [0.25, 0.3) is 10.9 Å². The number of esters is 1. The first-order valence-corrected chi connectivity index (χ1v) is 6.21. The molecule has 1 aromatic carbocycles. The first-order chi connectivity index (χ1) is 8.54. The molecule has 0 radical (unpaired) electrons. The lowest BCUT2D eigenvalue weighted by molar-refractivity contribution is 0.0526. The number of carbonyl (C=O) groups is 1. The maximum Gasteiger partial charge on any atom is 0.339 e. The number of thiol groups is 2. The number of anilines is 1. The van der Waals surface area contributed by atoms with Gasteiger partial charge in [0, 0.05) is 21.4 Å². The Balaban J connectivity index is 2.61. The highest BCUT2D eigenvalue weighted by atomic mass is 32.1. The summed E-state index contributed by atoms with van der Waals surface area (Å²) in [4.78, 5) is 17.0. The number of ether oxygens (including phenoxy) is 1. The Morgan fingerprint density at radius 1 is 1.44 bits per heavy atom. The lowest BCUT2D eigenvalue weighted by Crippen LogP contribution is -2.05. The third-order valence-corrected chi connectivity index (χ3v) is 3.50. The van der Waals surface area contributed by atoms with Crippen molar-refractivity contribution in [3.8, 4) is 0 Å². The van der Waals surface area contributed by atoms with E-state index in [2.05, 4.69) is 30.2 Å². The standard InChI is InChI=1S/C12H12N2O2S2/c1-2-16-12(15)6-3-7-8(14-5-6)4-9(17)11(18)10(7)13/h3-5,17-18H,2,13H2,1H3. The normalized spacial score (nSPS) is 10.6. The molecule has 0 aliphatic carbocycles. The summed E-state index contributed by atoms with van der Waals surface area (Å²) in [6, 6.07) is 3.41. The van der Waals surface area contributed by atoms with Crippen LogP contribution in [-0.4, -0.2) is 17.6 Å². The SMILES string of the molecule is CCOC(=O)c1cnc2cc(S)c(S)c(N)c2c1. The van der Waals surface area contributed by atoms with Crippen LogP contribution in [0.5, 0.6) is 0 Å². The number of rotatable bonds is 2. The lowest BCUT2D eigenvalue weighted by Gasteiger charge is -2.08. The zero-order valence-corrected chi connectivity index (χ0v) is 11.5. The van der Waals surface area contributed by atoms with Gasteiger partial charge in [0.1, 0.15) is 0 Å². The van der Waals surface area contributed by atoms with Gasteiger partial charge in [-0.2, -0.15) is 0 Å². The van der Waals surface area contributed by atoms with E-state index >= 15 is 0 Å². The molecule has 6 heteroatoms. The molecule has 0 spiro atoms. The van der Waals surface area contributed by atoms with Gasteiger partial charge >= 0.3 is 5.97 Å². The predicted octanol–water partition coefficient (Wildman–Crippen LogP) is 2.57. The molecule has 0 atom stereocenters. The van der Waals surface area contributed by atoms with Gasteiger partial charge in [0.05, 0.1) is 23.4 Å². The second-order valence-electron chi connectivity index (χ2n) is 3.67. The van der Waals surface area contributed by atoms with Gasteiger partial charge in [-0.05, 0) is 19.1 Å². The number of carbonyl (C=O) groups excluding carboxylic acids is 1. The van der Waals surface area contributed by atoms with Crippen molar-refractivity contribution in [3.05, 3.63) is 23.9 Å². The number of pyridine rings is 1. The number of hydrogen-bond acceptors (Lipinski definition) is 6. The fourth-order valence-corrected chi connectivity index (χ4v) is 2.02. The van der Waals surface area contributed by atoms with Crippen LogP contribution in [0.2, 0.25) is 0 Å². The van der Waals surface area contributed by atoms with Crippen molar-refractivity contribution in [3.63, 3.8) is 0 Å². The van der Waals surface area contributed by atoms with Crippen LogP contribution in [0.4, 0.5) is 5.69 Å². The number of fused-ring (bicyclic) bond motifs is 1. The van der Waals surface area contributed by atoms with E-state index in [-0.39, 0.29) is 0 Å². The molecule has 1 aromatic heterocycles. The van der Waals surface area contributed by atoms with Gasteiger partial charge in [0.25, 0.3) is 0 Å². The molecule has 2 rings (SSSR count). The van der Waals surface area contributed by atoms with E-state index in [1.165, 1.54) is 6.20 Å². The number of aromatic nitrogens is 1. The number of hydrogen-bond donors (Lipinski definition) is 3. The minimum atomic E-state index is -0.415. The molecular weight excluding hydrogens is 268 g/mol. The molecule has 0 saturated carbocycles. The Morgan fingerprint density at radius 3 is 2.83 bits per heavy atom. The van der Waals surface area contributed by atoms with Crippen LogP contribution < -0.4 is 5.73 Å². The van der Waals surface area contributed by atoms with Crippen LogP contribution in [0.3, 0.4) is 0 Å². The fraction of sp³-hybridized carbons (Fsp3) is 0.167. The maximum atomic E-state index is 11.6. The average Bonchev–Trinajstić information content (AvgIpc) is 2.36. The van der Waals surface area contributed by atoms with E-state index < -0.39 is 5.97 Å². The van der Waals surface area contributed by atoms with Crippen molar-refractivity contribution in [1.29, 1.82) is 0 Å². The molecule has 2 N–H and O–H groups in total. The highest BCUT2D eigenvalue weighted by Crippen LogP contribution is 2.32. The van der Waals surface area contributed by atoms with Crippen LogP contribution >= 0.6 is 25.3 Å². The van der Waals surface area contributed by atoms with Crippen LogP contribution in [0.15, 0.2) is 28.1 Å². The summed E-state index contributed by atoms with van der Waals surface area (Å²) in [6.07, 6.45) is 1.46. The maximum absolute atomic E-state index is 11.6. The summed E-state index contributed by atoms with van der Waals surface area (Å²) in [5, 5.41) is 0.670. The first-order valence-electron chi connectivity index (χ1n) is 5.32. The van der Waals surface area contributed by atoms with E-state index in [1.807, 2.05) is 0 Å². The first kappa shape index (κ1) is 13.0. The minimum Gasteiger partial charge on any atom is -0.462 e. The molecule has 0 unspecified atom stereocenters. The number of nitrogen functional groups attached to an aromatic ring is 1. The van der Waals surface area contributed by atoms with Crippen molar-refractivity contribution >= 4 is 47.8 Å². The Labute approximate surface area is 115 Å². The number of benzene rings is 1. The topological polar surface area (TPSA) is 65.2 Å². The summed E-state index contributed by atoms with van der Waals surface area (Å²) in [5.41, 5.74) is 7.44. The van der Waals surface area contributed by atoms with Gasteiger partial charge < -0.3 is 10.5 Å². The lowest BCUT2D eigenvalue weighted by atomic mass is 10.1. The third kappa shape index (κ3) is 2.26. The molecule has 1 heterocycles. The van der Waals surface area contributed by atoms with Crippen molar-refractivity contribution in [2.24, 2.45) is 0 Å².